The zero-order chi connectivity index (χ0) is 14.5. The average Bonchev–Trinajstić information content (AvgIpc) is 2.84. The molecule has 0 saturated carbocycles. The third kappa shape index (κ3) is 4.04. The highest BCUT2D eigenvalue weighted by Crippen LogP contribution is 2.16. The van der Waals surface area contributed by atoms with Gasteiger partial charge in [0.2, 0.25) is 11.8 Å². The summed E-state index contributed by atoms with van der Waals surface area (Å²) >= 11 is 5.91. The minimum Gasteiger partial charge on any atom is -0.370 e. The van der Waals surface area contributed by atoms with Crippen LogP contribution in [0.15, 0.2) is 28.8 Å². The lowest BCUT2D eigenvalue weighted by Gasteiger charge is -2.03. The number of carbonyl (C=O) groups excluding carboxylic acids is 1. The molecular formula is C13H15ClN4O2. The van der Waals surface area contributed by atoms with E-state index in [9.17, 15) is 4.79 Å². The Hall–Kier alpha value is -1.92. The number of primary amides is 1. The van der Waals surface area contributed by atoms with Gasteiger partial charge in [-0.15, -0.1) is 0 Å². The molecule has 0 aliphatic heterocycles. The van der Waals surface area contributed by atoms with E-state index in [0.717, 1.165) is 5.56 Å². The van der Waals surface area contributed by atoms with Crippen molar-refractivity contribution >= 4 is 17.5 Å². The molecule has 0 fully saturated rings. The lowest BCUT2D eigenvalue weighted by molar-refractivity contribution is -0.118. The van der Waals surface area contributed by atoms with E-state index in [1.54, 1.807) is 6.07 Å². The largest absolute Gasteiger partial charge is 0.370 e. The Bertz CT molecular complexity index is 600. The van der Waals surface area contributed by atoms with Crippen molar-refractivity contribution in [3.05, 3.63) is 46.6 Å². The van der Waals surface area contributed by atoms with Crippen LogP contribution in [0.4, 0.5) is 0 Å². The van der Waals surface area contributed by atoms with Gasteiger partial charge in [0.05, 0.1) is 6.04 Å². The van der Waals surface area contributed by atoms with Crippen molar-refractivity contribution in [3.63, 3.8) is 0 Å². The van der Waals surface area contributed by atoms with Crippen LogP contribution in [0.25, 0.3) is 0 Å². The van der Waals surface area contributed by atoms with Crippen LogP contribution in [-0.4, -0.2) is 16.0 Å². The Morgan fingerprint density at radius 1 is 1.45 bits per heavy atom. The maximum Gasteiger partial charge on any atom is 0.243 e. The lowest BCUT2D eigenvalue weighted by Crippen LogP contribution is -2.16. The monoisotopic (exact) mass is 294 g/mol. The number of hydrogen-bond donors (Lipinski definition) is 2. The van der Waals surface area contributed by atoms with Gasteiger partial charge in [0, 0.05) is 17.9 Å². The Balaban J connectivity index is 2.00. The minimum absolute atomic E-state index is 0.188. The van der Waals surface area contributed by atoms with Crippen molar-refractivity contribution in [3.8, 4) is 0 Å². The molecule has 0 aliphatic carbocycles. The number of benzene rings is 1. The van der Waals surface area contributed by atoms with Gasteiger partial charge in [0.15, 0.2) is 5.82 Å². The molecule has 0 saturated heterocycles. The number of halogens is 1. The first-order chi connectivity index (χ1) is 9.54. The molecule has 7 heteroatoms. The molecule has 6 nitrogen and oxygen atoms in total. The predicted molar refractivity (Wildman–Crippen MR) is 73.9 cm³/mol. The van der Waals surface area contributed by atoms with Gasteiger partial charge in [-0.05, 0) is 24.1 Å². The molecule has 106 valence electrons. The first-order valence-corrected chi connectivity index (χ1v) is 6.53. The van der Waals surface area contributed by atoms with Crippen LogP contribution >= 0.6 is 11.6 Å². The Morgan fingerprint density at radius 3 is 2.95 bits per heavy atom. The highest BCUT2D eigenvalue weighted by molar-refractivity contribution is 6.30. The van der Waals surface area contributed by atoms with Crippen LogP contribution in [-0.2, 0) is 11.2 Å². The van der Waals surface area contributed by atoms with Gasteiger partial charge < -0.3 is 16.0 Å². The highest BCUT2D eigenvalue weighted by Gasteiger charge is 2.15. The average molecular weight is 295 g/mol. The zero-order valence-electron chi connectivity index (χ0n) is 10.8. The molecule has 4 N–H and O–H groups in total. The summed E-state index contributed by atoms with van der Waals surface area (Å²) in [5.41, 5.74) is 11.9. The molecule has 0 radical (unpaired) electrons. The maximum atomic E-state index is 10.7. The number of rotatable bonds is 6. The van der Waals surface area contributed by atoms with E-state index in [2.05, 4.69) is 10.1 Å². The fourth-order valence-corrected chi connectivity index (χ4v) is 1.95. The molecule has 20 heavy (non-hydrogen) atoms. The molecule has 1 aromatic heterocycles. The number of carbonyl (C=O) groups is 1. The second-order valence-corrected chi connectivity index (χ2v) is 4.90. The molecule has 2 rings (SSSR count). The van der Waals surface area contributed by atoms with Crippen LogP contribution in [0.2, 0.25) is 5.02 Å². The van der Waals surface area contributed by atoms with Crippen molar-refractivity contribution < 1.29 is 9.32 Å². The van der Waals surface area contributed by atoms with Crippen molar-refractivity contribution in [1.82, 2.24) is 10.1 Å². The summed E-state index contributed by atoms with van der Waals surface area (Å²) in [7, 11) is 0. The summed E-state index contributed by atoms with van der Waals surface area (Å²) in [4.78, 5) is 14.9. The molecule has 1 atom stereocenters. The summed E-state index contributed by atoms with van der Waals surface area (Å²) in [6.07, 6.45) is 1.08. The molecule has 0 spiro atoms. The summed E-state index contributed by atoms with van der Waals surface area (Å²) in [5.74, 6) is 0.430. The minimum atomic E-state index is -0.483. The second kappa shape index (κ2) is 6.49. The van der Waals surface area contributed by atoms with Crippen LogP contribution in [0.5, 0.6) is 0 Å². The van der Waals surface area contributed by atoms with E-state index in [4.69, 9.17) is 27.6 Å². The SMILES string of the molecule is NC(=O)CC[C@H](N)c1nc(Cc2cccc(Cl)c2)no1. The normalized spacial score (nSPS) is 12.3. The van der Waals surface area contributed by atoms with E-state index >= 15 is 0 Å². The molecule has 0 bridgehead atoms. The Kier molecular flexibility index (Phi) is 4.70. The van der Waals surface area contributed by atoms with Gasteiger partial charge in [0.1, 0.15) is 0 Å². The smallest absolute Gasteiger partial charge is 0.243 e. The lowest BCUT2D eigenvalue weighted by atomic mass is 10.1. The van der Waals surface area contributed by atoms with Gasteiger partial charge in [-0.2, -0.15) is 4.98 Å². The van der Waals surface area contributed by atoms with Crippen LogP contribution in [0, 0.1) is 0 Å². The van der Waals surface area contributed by atoms with Crippen LogP contribution in [0.3, 0.4) is 0 Å². The van der Waals surface area contributed by atoms with Gasteiger partial charge in [-0.3, -0.25) is 4.79 Å². The standard InChI is InChI=1S/C13H15ClN4O2/c14-9-3-1-2-8(6-9)7-12-17-13(20-18-12)10(15)4-5-11(16)19/h1-3,6,10H,4-5,7,15H2,(H2,16,19)/t10-/m0/s1. The summed E-state index contributed by atoms with van der Waals surface area (Å²) in [6.45, 7) is 0. The third-order valence-electron chi connectivity index (χ3n) is 2.75. The molecule has 0 aliphatic rings. The zero-order valence-corrected chi connectivity index (χ0v) is 11.5. The first kappa shape index (κ1) is 14.5. The van der Waals surface area contributed by atoms with Crippen molar-refractivity contribution in [1.29, 1.82) is 0 Å². The van der Waals surface area contributed by atoms with E-state index in [1.807, 2.05) is 18.2 Å². The van der Waals surface area contributed by atoms with E-state index in [1.165, 1.54) is 0 Å². The number of aromatic nitrogens is 2. The number of nitrogens with zero attached hydrogens (tertiary/aromatic N) is 2. The van der Waals surface area contributed by atoms with Crippen molar-refractivity contribution in [2.45, 2.75) is 25.3 Å². The number of nitrogens with two attached hydrogens (primary N) is 2. The number of hydrogen-bond acceptors (Lipinski definition) is 5. The molecule has 1 aromatic carbocycles. The topological polar surface area (TPSA) is 108 Å². The van der Waals surface area contributed by atoms with E-state index in [0.29, 0.717) is 29.6 Å². The fourth-order valence-electron chi connectivity index (χ4n) is 1.74. The van der Waals surface area contributed by atoms with Gasteiger partial charge in [-0.25, -0.2) is 0 Å². The Labute approximate surface area is 121 Å². The molecule has 0 unspecified atom stereocenters. The third-order valence-corrected chi connectivity index (χ3v) is 2.99. The quantitative estimate of drug-likeness (QED) is 0.841. The summed E-state index contributed by atoms with van der Waals surface area (Å²) < 4.78 is 5.09. The second-order valence-electron chi connectivity index (χ2n) is 4.47. The molecule has 2 aromatic rings. The van der Waals surface area contributed by atoms with Crippen molar-refractivity contribution in [2.24, 2.45) is 11.5 Å². The van der Waals surface area contributed by atoms with Crippen LogP contribution < -0.4 is 11.5 Å². The summed E-state index contributed by atoms with van der Waals surface area (Å²) in [5, 5.41) is 4.52. The van der Waals surface area contributed by atoms with E-state index in [-0.39, 0.29) is 6.42 Å². The van der Waals surface area contributed by atoms with Gasteiger partial charge in [-0.1, -0.05) is 28.9 Å². The van der Waals surface area contributed by atoms with Gasteiger partial charge >= 0.3 is 0 Å². The number of amides is 1. The maximum absolute atomic E-state index is 10.7. The van der Waals surface area contributed by atoms with E-state index < -0.39 is 11.9 Å². The Morgan fingerprint density at radius 2 is 2.25 bits per heavy atom. The highest BCUT2D eigenvalue weighted by atomic mass is 35.5. The summed E-state index contributed by atoms with van der Waals surface area (Å²) in [6, 6.07) is 6.94. The predicted octanol–water partition coefficient (Wildman–Crippen LogP) is 1.58. The molecular weight excluding hydrogens is 280 g/mol. The van der Waals surface area contributed by atoms with Crippen LogP contribution in [0.1, 0.15) is 36.2 Å². The molecule has 1 heterocycles. The molecule has 1 amide bonds. The van der Waals surface area contributed by atoms with Crippen molar-refractivity contribution in [2.75, 3.05) is 0 Å². The fraction of sp³-hybridized carbons (Fsp3) is 0.308. The van der Waals surface area contributed by atoms with Gasteiger partial charge in [0.25, 0.3) is 0 Å². The first-order valence-electron chi connectivity index (χ1n) is 6.15.